The standard InChI is InChI=1S/C22H22ClN5O/c23-18-8-6-15(7-9-18)11-27-12-16-10-20-25-26-21(28(20)14-17(16)13-27)22(29)24-19-4-2-1-3-5-19/h1-9,16-17H,10-14H2,(H,24,29)/t16-,17+/m0/s1. The van der Waals surface area contributed by atoms with Gasteiger partial charge in [-0.05, 0) is 41.7 Å². The molecule has 6 nitrogen and oxygen atoms in total. The van der Waals surface area contributed by atoms with Crippen molar-refractivity contribution >= 4 is 23.2 Å². The van der Waals surface area contributed by atoms with Crippen LogP contribution in [0.5, 0.6) is 0 Å². The van der Waals surface area contributed by atoms with Gasteiger partial charge in [-0.3, -0.25) is 9.69 Å². The third-order valence-electron chi connectivity index (χ3n) is 5.90. The lowest BCUT2D eigenvalue weighted by atomic mass is 9.89. The van der Waals surface area contributed by atoms with Crippen LogP contribution in [-0.2, 0) is 19.5 Å². The Kier molecular flexibility index (Phi) is 4.81. The van der Waals surface area contributed by atoms with Gasteiger partial charge in [-0.1, -0.05) is 41.9 Å². The van der Waals surface area contributed by atoms with Crippen LogP contribution in [0.25, 0.3) is 0 Å². The van der Waals surface area contributed by atoms with E-state index in [4.69, 9.17) is 11.6 Å². The number of aromatic nitrogens is 3. The van der Waals surface area contributed by atoms with E-state index in [-0.39, 0.29) is 5.91 Å². The van der Waals surface area contributed by atoms with Gasteiger partial charge in [-0.15, -0.1) is 10.2 Å². The Morgan fingerprint density at radius 2 is 1.76 bits per heavy atom. The highest BCUT2D eigenvalue weighted by Crippen LogP contribution is 2.33. The summed E-state index contributed by atoms with van der Waals surface area (Å²) in [6.45, 7) is 3.78. The summed E-state index contributed by atoms with van der Waals surface area (Å²) in [4.78, 5) is 15.2. The van der Waals surface area contributed by atoms with Gasteiger partial charge in [0, 0.05) is 43.3 Å². The van der Waals surface area contributed by atoms with E-state index in [0.29, 0.717) is 17.7 Å². The van der Waals surface area contributed by atoms with E-state index >= 15 is 0 Å². The molecule has 7 heteroatoms. The summed E-state index contributed by atoms with van der Waals surface area (Å²) in [5.41, 5.74) is 2.04. The average Bonchev–Trinajstić information content (AvgIpc) is 3.31. The van der Waals surface area contributed by atoms with Crippen LogP contribution in [0.2, 0.25) is 5.02 Å². The molecule has 2 aliphatic rings. The number of likely N-dealkylation sites (tertiary alicyclic amines) is 1. The van der Waals surface area contributed by atoms with Gasteiger partial charge in [0.15, 0.2) is 0 Å². The lowest BCUT2D eigenvalue weighted by molar-refractivity contribution is 0.100. The smallest absolute Gasteiger partial charge is 0.293 e. The number of hydrogen-bond acceptors (Lipinski definition) is 4. The second kappa shape index (κ2) is 7.61. The molecule has 0 saturated carbocycles. The Morgan fingerprint density at radius 3 is 2.55 bits per heavy atom. The molecular weight excluding hydrogens is 386 g/mol. The number of hydrogen-bond donors (Lipinski definition) is 1. The molecular formula is C22H22ClN5O. The first-order chi connectivity index (χ1) is 14.2. The first kappa shape index (κ1) is 18.3. The highest BCUT2D eigenvalue weighted by Gasteiger charge is 2.39. The van der Waals surface area contributed by atoms with Crippen molar-refractivity contribution in [1.29, 1.82) is 0 Å². The minimum absolute atomic E-state index is 0.204. The number of carbonyl (C=O) groups excluding carboxylic acids is 1. The first-order valence-corrected chi connectivity index (χ1v) is 10.3. The van der Waals surface area contributed by atoms with Crippen molar-refractivity contribution in [1.82, 2.24) is 19.7 Å². The number of rotatable bonds is 4. The number of halogens is 1. The molecule has 2 aliphatic heterocycles. The zero-order valence-corrected chi connectivity index (χ0v) is 16.7. The van der Waals surface area contributed by atoms with E-state index in [1.165, 1.54) is 5.56 Å². The van der Waals surface area contributed by atoms with Crippen LogP contribution in [0.1, 0.15) is 22.0 Å². The fraction of sp³-hybridized carbons (Fsp3) is 0.318. The molecule has 3 heterocycles. The van der Waals surface area contributed by atoms with Crippen LogP contribution >= 0.6 is 11.6 Å². The van der Waals surface area contributed by atoms with Gasteiger partial charge in [0.2, 0.25) is 5.82 Å². The Balaban J connectivity index is 1.27. The minimum Gasteiger partial charge on any atom is -0.319 e. The molecule has 0 unspecified atom stereocenters. The molecule has 2 atom stereocenters. The van der Waals surface area contributed by atoms with Gasteiger partial charge >= 0.3 is 0 Å². The van der Waals surface area contributed by atoms with Gasteiger partial charge < -0.3 is 9.88 Å². The van der Waals surface area contributed by atoms with Crippen molar-refractivity contribution in [3.8, 4) is 0 Å². The predicted octanol–water partition coefficient (Wildman–Crippen LogP) is 3.49. The fourth-order valence-corrected chi connectivity index (χ4v) is 4.60. The van der Waals surface area contributed by atoms with Crippen LogP contribution in [0.4, 0.5) is 5.69 Å². The summed E-state index contributed by atoms with van der Waals surface area (Å²) >= 11 is 6.00. The molecule has 29 heavy (non-hydrogen) atoms. The highest BCUT2D eigenvalue weighted by atomic mass is 35.5. The zero-order valence-electron chi connectivity index (χ0n) is 16.0. The molecule has 0 spiro atoms. The van der Waals surface area contributed by atoms with E-state index in [2.05, 4.69) is 32.5 Å². The van der Waals surface area contributed by atoms with Crippen molar-refractivity contribution in [2.75, 3.05) is 18.4 Å². The van der Waals surface area contributed by atoms with Crippen LogP contribution in [0.15, 0.2) is 54.6 Å². The number of nitrogens with zero attached hydrogens (tertiary/aromatic N) is 4. The Morgan fingerprint density at radius 1 is 1.00 bits per heavy atom. The lowest BCUT2D eigenvalue weighted by Crippen LogP contribution is -2.31. The number of benzene rings is 2. The van der Waals surface area contributed by atoms with Crippen molar-refractivity contribution in [3.05, 3.63) is 76.8 Å². The Hall–Kier alpha value is -2.70. The third-order valence-corrected chi connectivity index (χ3v) is 6.15. The van der Waals surface area contributed by atoms with E-state index in [1.807, 2.05) is 47.0 Å². The Labute approximate surface area is 174 Å². The molecule has 0 bridgehead atoms. The maximum Gasteiger partial charge on any atom is 0.293 e. The van der Waals surface area contributed by atoms with Gasteiger partial charge in [-0.2, -0.15) is 0 Å². The Bertz CT molecular complexity index is 1020. The fourth-order valence-electron chi connectivity index (χ4n) is 4.47. The van der Waals surface area contributed by atoms with E-state index < -0.39 is 0 Å². The quantitative estimate of drug-likeness (QED) is 0.719. The molecule has 1 amide bonds. The molecule has 5 rings (SSSR count). The van der Waals surface area contributed by atoms with Gasteiger partial charge in [-0.25, -0.2) is 0 Å². The molecule has 1 aromatic heterocycles. The minimum atomic E-state index is -0.204. The largest absolute Gasteiger partial charge is 0.319 e. The van der Waals surface area contributed by atoms with E-state index in [9.17, 15) is 4.79 Å². The number of anilines is 1. The molecule has 1 fully saturated rings. The zero-order chi connectivity index (χ0) is 19.8. The summed E-state index contributed by atoms with van der Waals surface area (Å²) in [5, 5.41) is 12.2. The molecule has 0 aliphatic carbocycles. The lowest BCUT2D eigenvalue weighted by Gasteiger charge is -2.25. The van der Waals surface area contributed by atoms with Crippen molar-refractivity contribution in [2.24, 2.45) is 11.8 Å². The van der Waals surface area contributed by atoms with Gasteiger partial charge in [0.05, 0.1) is 0 Å². The molecule has 3 aromatic rings. The number of amides is 1. The normalized spacial score (nSPS) is 20.9. The summed E-state index contributed by atoms with van der Waals surface area (Å²) in [5.74, 6) is 2.18. The van der Waals surface area contributed by atoms with Gasteiger partial charge in [0.1, 0.15) is 5.82 Å². The van der Waals surface area contributed by atoms with E-state index in [0.717, 1.165) is 49.1 Å². The monoisotopic (exact) mass is 407 g/mol. The topological polar surface area (TPSA) is 63.1 Å². The second-order valence-corrected chi connectivity index (χ2v) is 8.35. The summed E-state index contributed by atoms with van der Waals surface area (Å²) in [6, 6.07) is 17.5. The maximum absolute atomic E-state index is 12.7. The summed E-state index contributed by atoms with van der Waals surface area (Å²) in [7, 11) is 0. The average molecular weight is 408 g/mol. The van der Waals surface area contributed by atoms with Crippen molar-refractivity contribution < 1.29 is 4.79 Å². The van der Waals surface area contributed by atoms with Crippen LogP contribution in [0, 0.1) is 11.8 Å². The van der Waals surface area contributed by atoms with Crippen LogP contribution < -0.4 is 5.32 Å². The third kappa shape index (κ3) is 3.78. The molecule has 2 aromatic carbocycles. The molecule has 148 valence electrons. The highest BCUT2D eigenvalue weighted by molar-refractivity contribution is 6.30. The van der Waals surface area contributed by atoms with Crippen LogP contribution in [0.3, 0.4) is 0 Å². The van der Waals surface area contributed by atoms with Crippen molar-refractivity contribution in [3.63, 3.8) is 0 Å². The first-order valence-electron chi connectivity index (χ1n) is 9.91. The number of para-hydroxylation sites is 1. The SMILES string of the molecule is O=C(Nc1ccccc1)c1nnc2n1C[C@H]1CN(Cc3ccc(Cl)cc3)C[C@@H]1C2. The summed E-state index contributed by atoms with van der Waals surface area (Å²) < 4.78 is 2.01. The summed E-state index contributed by atoms with van der Waals surface area (Å²) in [6.07, 6.45) is 0.868. The predicted molar refractivity (Wildman–Crippen MR) is 112 cm³/mol. The number of nitrogens with one attached hydrogen (secondary N) is 1. The number of carbonyl (C=O) groups is 1. The molecule has 1 saturated heterocycles. The van der Waals surface area contributed by atoms with Crippen molar-refractivity contribution in [2.45, 2.75) is 19.5 Å². The van der Waals surface area contributed by atoms with Crippen LogP contribution in [-0.4, -0.2) is 38.7 Å². The second-order valence-electron chi connectivity index (χ2n) is 7.92. The van der Waals surface area contributed by atoms with E-state index in [1.54, 1.807) is 0 Å². The number of fused-ring (bicyclic) bond motifs is 2. The molecule has 1 N–H and O–H groups in total. The van der Waals surface area contributed by atoms with Gasteiger partial charge in [0.25, 0.3) is 5.91 Å². The maximum atomic E-state index is 12.7. The molecule has 0 radical (unpaired) electrons.